The van der Waals surface area contributed by atoms with Crippen LogP contribution >= 0.6 is 0 Å². The molecule has 3 nitrogen and oxygen atoms in total. The van der Waals surface area contributed by atoms with Crippen molar-refractivity contribution in [3.05, 3.63) is 27.8 Å². The second kappa shape index (κ2) is 10.7. The zero-order valence-corrected chi connectivity index (χ0v) is 20.5. The Morgan fingerprint density at radius 1 is 1.03 bits per heavy atom. The van der Waals surface area contributed by atoms with Gasteiger partial charge in [-0.2, -0.15) is 0 Å². The van der Waals surface area contributed by atoms with Crippen molar-refractivity contribution >= 4 is 5.97 Å². The summed E-state index contributed by atoms with van der Waals surface area (Å²) in [5, 5.41) is 9.10. The lowest BCUT2D eigenvalue weighted by Gasteiger charge is -2.38. The number of fused-ring (bicyclic) bond motifs is 1. The summed E-state index contributed by atoms with van der Waals surface area (Å²) in [4.78, 5) is 11.1. The van der Waals surface area contributed by atoms with Crippen LogP contribution < -0.4 is 4.74 Å². The summed E-state index contributed by atoms with van der Waals surface area (Å²) in [6.45, 7) is 15.7. The van der Waals surface area contributed by atoms with Gasteiger partial charge in [0.1, 0.15) is 11.4 Å². The van der Waals surface area contributed by atoms with Gasteiger partial charge in [0.05, 0.1) is 0 Å². The van der Waals surface area contributed by atoms with Crippen LogP contribution in [-0.4, -0.2) is 16.7 Å². The van der Waals surface area contributed by atoms with Crippen LogP contribution in [0.4, 0.5) is 0 Å². The third-order valence-corrected chi connectivity index (χ3v) is 7.26. The quantitative estimate of drug-likeness (QED) is 0.410. The van der Waals surface area contributed by atoms with Gasteiger partial charge in [-0.1, -0.05) is 46.5 Å². The van der Waals surface area contributed by atoms with Crippen LogP contribution in [0.25, 0.3) is 0 Å². The number of benzene rings is 1. The summed E-state index contributed by atoms with van der Waals surface area (Å²) >= 11 is 0. The van der Waals surface area contributed by atoms with E-state index < -0.39 is 5.97 Å². The summed E-state index contributed by atoms with van der Waals surface area (Å²) < 4.78 is 6.67. The first-order chi connectivity index (χ1) is 14.0. The van der Waals surface area contributed by atoms with Crippen molar-refractivity contribution in [1.82, 2.24) is 0 Å². The maximum atomic E-state index is 11.1. The first kappa shape index (κ1) is 24.8. The molecular weight excluding hydrogens is 372 g/mol. The highest BCUT2D eigenvalue weighted by molar-refractivity contribution is 5.67. The number of hydrogen-bond donors (Lipinski definition) is 1. The highest BCUT2D eigenvalue weighted by atomic mass is 16.5. The fraction of sp³-hybridized carbons (Fsp3) is 0.741. The average molecular weight is 417 g/mol. The average Bonchev–Trinajstić information content (AvgIpc) is 2.65. The molecule has 0 radical (unpaired) electrons. The van der Waals surface area contributed by atoms with Gasteiger partial charge in [0, 0.05) is 6.42 Å². The standard InChI is InChI=1S/C27H44O3/c1-18(2)10-8-11-19(3)12-9-16-27(7)17-15-24-22(6)23(13-14-25(28)29)20(4)21(5)26(24)30-27/h18-19H,8-17H2,1-7H3,(H,28,29)/t19?,27-/m1/s1. The predicted octanol–water partition coefficient (Wildman–Crippen LogP) is 7.35. The molecule has 0 aromatic heterocycles. The van der Waals surface area contributed by atoms with E-state index in [0.29, 0.717) is 6.42 Å². The molecule has 0 saturated carbocycles. The molecule has 2 rings (SSSR count). The molecule has 3 heteroatoms. The van der Waals surface area contributed by atoms with Crippen molar-refractivity contribution in [2.24, 2.45) is 11.8 Å². The van der Waals surface area contributed by atoms with E-state index in [1.54, 1.807) is 0 Å². The first-order valence-corrected chi connectivity index (χ1v) is 12.1. The molecule has 30 heavy (non-hydrogen) atoms. The first-order valence-electron chi connectivity index (χ1n) is 12.1. The number of carboxylic acids is 1. The van der Waals surface area contributed by atoms with E-state index in [-0.39, 0.29) is 12.0 Å². The van der Waals surface area contributed by atoms with Gasteiger partial charge < -0.3 is 9.84 Å². The van der Waals surface area contributed by atoms with Crippen LogP contribution in [0.3, 0.4) is 0 Å². The highest BCUT2D eigenvalue weighted by Crippen LogP contribution is 2.43. The monoisotopic (exact) mass is 416 g/mol. The van der Waals surface area contributed by atoms with Crippen LogP contribution in [-0.2, 0) is 17.6 Å². The molecular formula is C27H44O3. The molecule has 2 atom stereocenters. The third-order valence-electron chi connectivity index (χ3n) is 7.26. The van der Waals surface area contributed by atoms with E-state index in [1.165, 1.54) is 59.9 Å². The molecule has 1 N–H and O–H groups in total. The lowest BCUT2D eigenvalue weighted by Crippen LogP contribution is -2.37. The van der Waals surface area contributed by atoms with Crippen molar-refractivity contribution in [2.75, 3.05) is 0 Å². The minimum absolute atomic E-state index is 0.0864. The molecule has 0 amide bonds. The van der Waals surface area contributed by atoms with Crippen LogP contribution in [0.5, 0.6) is 5.75 Å². The van der Waals surface area contributed by atoms with E-state index >= 15 is 0 Å². The Morgan fingerprint density at radius 2 is 1.70 bits per heavy atom. The summed E-state index contributed by atoms with van der Waals surface area (Å²) in [5.41, 5.74) is 6.07. The van der Waals surface area contributed by atoms with Gasteiger partial charge in [0.25, 0.3) is 0 Å². The Bertz CT molecular complexity index is 734. The van der Waals surface area contributed by atoms with E-state index in [2.05, 4.69) is 48.5 Å². The minimum atomic E-state index is -0.730. The van der Waals surface area contributed by atoms with Crippen molar-refractivity contribution in [3.63, 3.8) is 0 Å². The second-order valence-corrected chi connectivity index (χ2v) is 10.4. The largest absolute Gasteiger partial charge is 0.487 e. The number of hydrogen-bond acceptors (Lipinski definition) is 2. The van der Waals surface area contributed by atoms with Crippen molar-refractivity contribution in [2.45, 2.75) is 118 Å². The number of ether oxygens (including phenoxy) is 1. The number of aliphatic carboxylic acids is 1. The van der Waals surface area contributed by atoms with Gasteiger partial charge >= 0.3 is 5.97 Å². The smallest absolute Gasteiger partial charge is 0.303 e. The molecule has 0 saturated heterocycles. The van der Waals surface area contributed by atoms with Gasteiger partial charge in [0.15, 0.2) is 0 Å². The van der Waals surface area contributed by atoms with Crippen LogP contribution in [0.15, 0.2) is 0 Å². The summed E-state index contributed by atoms with van der Waals surface area (Å²) in [6.07, 6.45) is 10.5. The maximum absolute atomic E-state index is 11.1. The Morgan fingerprint density at radius 3 is 2.33 bits per heavy atom. The molecule has 0 aliphatic carbocycles. The molecule has 1 aliphatic rings. The van der Waals surface area contributed by atoms with Crippen LogP contribution in [0, 0.1) is 32.6 Å². The number of rotatable bonds is 11. The normalized spacial score (nSPS) is 19.5. The minimum Gasteiger partial charge on any atom is -0.487 e. The van der Waals surface area contributed by atoms with E-state index in [9.17, 15) is 4.79 Å². The molecule has 1 aromatic rings. The Hall–Kier alpha value is -1.51. The molecule has 1 aromatic carbocycles. The van der Waals surface area contributed by atoms with Crippen LogP contribution in [0.2, 0.25) is 0 Å². The van der Waals surface area contributed by atoms with E-state index in [1.807, 2.05) is 0 Å². The molecule has 170 valence electrons. The summed E-state index contributed by atoms with van der Waals surface area (Å²) in [7, 11) is 0. The molecule has 1 aliphatic heterocycles. The van der Waals surface area contributed by atoms with E-state index in [0.717, 1.165) is 36.8 Å². The fourth-order valence-corrected chi connectivity index (χ4v) is 5.01. The van der Waals surface area contributed by atoms with Gasteiger partial charge in [0.2, 0.25) is 0 Å². The van der Waals surface area contributed by atoms with Gasteiger partial charge in [-0.15, -0.1) is 0 Å². The van der Waals surface area contributed by atoms with Crippen molar-refractivity contribution < 1.29 is 14.6 Å². The maximum Gasteiger partial charge on any atom is 0.303 e. The SMILES string of the molecule is Cc1c(C)c2c(c(C)c1CCC(=O)O)CC[C@@](C)(CCCC(C)CCCC(C)C)O2. The number of carbonyl (C=O) groups is 1. The van der Waals surface area contributed by atoms with Crippen molar-refractivity contribution in [3.8, 4) is 5.75 Å². The topological polar surface area (TPSA) is 46.5 Å². The molecule has 1 unspecified atom stereocenters. The van der Waals surface area contributed by atoms with Gasteiger partial charge in [-0.05, 0) is 99.5 Å². The molecule has 0 bridgehead atoms. The zero-order chi connectivity index (χ0) is 22.5. The van der Waals surface area contributed by atoms with Crippen molar-refractivity contribution in [1.29, 1.82) is 0 Å². The third kappa shape index (κ3) is 6.49. The number of carboxylic acid groups (broad SMARTS) is 1. The lowest BCUT2D eigenvalue weighted by molar-refractivity contribution is -0.136. The Labute approximate surface area is 184 Å². The Kier molecular flexibility index (Phi) is 8.82. The zero-order valence-electron chi connectivity index (χ0n) is 20.5. The summed E-state index contributed by atoms with van der Waals surface area (Å²) in [6, 6.07) is 0. The molecule has 1 heterocycles. The predicted molar refractivity (Wildman–Crippen MR) is 126 cm³/mol. The van der Waals surface area contributed by atoms with E-state index in [4.69, 9.17) is 9.84 Å². The van der Waals surface area contributed by atoms with Crippen LogP contribution in [0.1, 0.15) is 107 Å². The highest BCUT2D eigenvalue weighted by Gasteiger charge is 2.34. The molecule has 0 fully saturated rings. The fourth-order valence-electron chi connectivity index (χ4n) is 5.01. The molecule has 0 spiro atoms. The Balaban J connectivity index is 2.01. The second-order valence-electron chi connectivity index (χ2n) is 10.4. The lowest BCUT2D eigenvalue weighted by atomic mass is 9.82. The van der Waals surface area contributed by atoms with Gasteiger partial charge in [-0.25, -0.2) is 0 Å². The van der Waals surface area contributed by atoms with Gasteiger partial charge in [-0.3, -0.25) is 4.79 Å². The summed E-state index contributed by atoms with van der Waals surface area (Å²) in [5.74, 6) is 1.95.